The van der Waals surface area contributed by atoms with Crippen molar-refractivity contribution in [3.8, 4) is 0 Å². The Morgan fingerprint density at radius 1 is 1.26 bits per heavy atom. The van der Waals surface area contributed by atoms with Crippen molar-refractivity contribution in [3.63, 3.8) is 0 Å². The molecule has 0 spiro atoms. The third kappa shape index (κ3) is 5.65. The predicted octanol–water partition coefficient (Wildman–Crippen LogP) is 1.41. The van der Waals surface area contributed by atoms with Crippen LogP contribution in [0.2, 0.25) is 0 Å². The van der Waals surface area contributed by atoms with Gasteiger partial charge in [-0.1, -0.05) is 0 Å². The summed E-state index contributed by atoms with van der Waals surface area (Å²) in [5.41, 5.74) is 0.357. The van der Waals surface area contributed by atoms with Crippen molar-refractivity contribution in [2.24, 2.45) is 0 Å². The summed E-state index contributed by atoms with van der Waals surface area (Å²) in [6, 6.07) is 3.46. The second-order valence-corrected chi connectivity index (χ2v) is 4.48. The first kappa shape index (κ1) is 15.4. The topological polar surface area (TPSA) is 67.3 Å². The van der Waals surface area contributed by atoms with E-state index in [0.717, 1.165) is 32.4 Å². The Labute approximate surface area is 114 Å². The number of rotatable bonds is 8. The summed E-state index contributed by atoms with van der Waals surface area (Å²) in [5.74, 6) is 0.556. The van der Waals surface area contributed by atoms with Gasteiger partial charge >= 0.3 is 0 Å². The van der Waals surface area contributed by atoms with Gasteiger partial charge in [0.05, 0.1) is 0 Å². The Balaban J connectivity index is 2.30. The maximum atomic E-state index is 11.6. The Morgan fingerprint density at radius 3 is 2.63 bits per heavy atom. The lowest BCUT2D eigenvalue weighted by atomic mass is 10.2. The molecule has 1 aromatic heterocycles. The molecule has 0 atom stereocenters. The van der Waals surface area contributed by atoms with Crippen LogP contribution in [0.5, 0.6) is 0 Å². The minimum atomic E-state index is -0.140. The number of anilines is 1. The van der Waals surface area contributed by atoms with E-state index in [2.05, 4.69) is 15.5 Å². The third-order valence-corrected chi connectivity index (χ3v) is 2.62. The summed E-state index contributed by atoms with van der Waals surface area (Å²) < 4.78 is 4.98. The van der Waals surface area contributed by atoms with Gasteiger partial charge in [0.2, 0.25) is 0 Å². The van der Waals surface area contributed by atoms with Crippen molar-refractivity contribution < 1.29 is 9.53 Å². The van der Waals surface area contributed by atoms with Crippen LogP contribution in [-0.2, 0) is 4.74 Å². The van der Waals surface area contributed by atoms with Crippen LogP contribution in [0.15, 0.2) is 12.1 Å². The number of carbonyl (C=O) groups is 1. The molecule has 1 amide bonds. The highest BCUT2D eigenvalue weighted by atomic mass is 16.5. The number of ether oxygens (including phenoxy) is 1. The van der Waals surface area contributed by atoms with Crippen LogP contribution in [0.25, 0.3) is 0 Å². The van der Waals surface area contributed by atoms with Crippen molar-refractivity contribution in [3.05, 3.63) is 17.8 Å². The molecule has 0 radical (unpaired) electrons. The van der Waals surface area contributed by atoms with Gasteiger partial charge in [-0.15, -0.1) is 10.2 Å². The van der Waals surface area contributed by atoms with Gasteiger partial charge in [-0.25, -0.2) is 0 Å². The lowest BCUT2D eigenvalue weighted by Crippen LogP contribution is -2.23. The number of methoxy groups -OCH3 is 1. The summed E-state index contributed by atoms with van der Waals surface area (Å²) in [7, 11) is 5.09. The summed E-state index contributed by atoms with van der Waals surface area (Å²) in [5, 5.41) is 11.1. The summed E-state index contributed by atoms with van der Waals surface area (Å²) in [4.78, 5) is 13.1. The van der Waals surface area contributed by atoms with Crippen LogP contribution in [0.1, 0.15) is 29.8 Å². The normalized spacial score (nSPS) is 10.3. The number of nitrogens with one attached hydrogen (secondary N) is 1. The molecule has 0 aliphatic heterocycles. The molecule has 1 N–H and O–H groups in total. The van der Waals surface area contributed by atoms with Gasteiger partial charge in [0, 0.05) is 34.4 Å². The molecule has 19 heavy (non-hydrogen) atoms. The van der Waals surface area contributed by atoms with E-state index in [-0.39, 0.29) is 5.91 Å². The van der Waals surface area contributed by atoms with E-state index in [4.69, 9.17) is 4.74 Å². The molecule has 106 valence electrons. The first-order valence-corrected chi connectivity index (χ1v) is 6.43. The molecule has 0 aliphatic rings. The van der Waals surface area contributed by atoms with Crippen LogP contribution >= 0.6 is 0 Å². The number of hydrogen-bond donors (Lipinski definition) is 1. The average Bonchev–Trinajstić information content (AvgIpc) is 2.42. The zero-order chi connectivity index (χ0) is 14.1. The standard InChI is InChI=1S/C13H22N4O2/c1-17(2)13(18)11-7-8-12(16-15-11)14-9-5-4-6-10-19-3/h7-8H,4-6,9-10H2,1-3H3,(H,14,16). The molecule has 0 fully saturated rings. The second-order valence-electron chi connectivity index (χ2n) is 4.48. The highest BCUT2D eigenvalue weighted by molar-refractivity contribution is 5.91. The predicted molar refractivity (Wildman–Crippen MR) is 74.3 cm³/mol. The smallest absolute Gasteiger partial charge is 0.273 e. The summed E-state index contributed by atoms with van der Waals surface area (Å²) in [6.07, 6.45) is 3.25. The number of nitrogens with zero attached hydrogens (tertiary/aromatic N) is 3. The molecule has 0 aromatic carbocycles. The fraction of sp³-hybridized carbons (Fsp3) is 0.615. The van der Waals surface area contributed by atoms with Gasteiger partial charge < -0.3 is 15.0 Å². The highest BCUT2D eigenvalue weighted by Gasteiger charge is 2.09. The van der Waals surface area contributed by atoms with E-state index in [1.165, 1.54) is 4.90 Å². The minimum Gasteiger partial charge on any atom is -0.385 e. The van der Waals surface area contributed by atoms with Gasteiger partial charge in [-0.05, 0) is 31.4 Å². The van der Waals surface area contributed by atoms with E-state index in [9.17, 15) is 4.79 Å². The van der Waals surface area contributed by atoms with Crippen molar-refractivity contribution in [1.29, 1.82) is 0 Å². The van der Waals surface area contributed by atoms with Crippen molar-refractivity contribution in [1.82, 2.24) is 15.1 Å². The number of hydrogen-bond acceptors (Lipinski definition) is 5. The molecule has 0 aliphatic carbocycles. The molecule has 1 heterocycles. The van der Waals surface area contributed by atoms with Crippen molar-refractivity contribution in [2.75, 3.05) is 39.7 Å². The Kier molecular flexibility index (Phi) is 6.81. The monoisotopic (exact) mass is 266 g/mol. The second kappa shape index (κ2) is 8.42. The molecule has 1 rings (SSSR count). The SMILES string of the molecule is COCCCCCNc1ccc(C(=O)N(C)C)nn1. The van der Waals surface area contributed by atoms with Crippen LogP contribution < -0.4 is 5.32 Å². The fourth-order valence-electron chi connectivity index (χ4n) is 1.53. The van der Waals surface area contributed by atoms with Gasteiger partial charge in [0.25, 0.3) is 5.91 Å². The van der Waals surface area contributed by atoms with E-state index >= 15 is 0 Å². The van der Waals surface area contributed by atoms with Gasteiger partial charge in [-0.2, -0.15) is 0 Å². The number of amides is 1. The molecular weight excluding hydrogens is 244 g/mol. The van der Waals surface area contributed by atoms with Crippen LogP contribution in [0.3, 0.4) is 0 Å². The average molecular weight is 266 g/mol. The van der Waals surface area contributed by atoms with Crippen LogP contribution in [0, 0.1) is 0 Å². The van der Waals surface area contributed by atoms with Crippen LogP contribution in [0.4, 0.5) is 5.82 Å². The molecule has 6 nitrogen and oxygen atoms in total. The zero-order valence-corrected chi connectivity index (χ0v) is 11.8. The Morgan fingerprint density at radius 2 is 2.05 bits per heavy atom. The molecular formula is C13H22N4O2. The molecule has 1 aromatic rings. The first-order chi connectivity index (χ1) is 9.15. The molecule has 6 heteroatoms. The van der Waals surface area contributed by atoms with E-state index in [1.807, 2.05) is 0 Å². The minimum absolute atomic E-state index is 0.140. The molecule has 0 saturated carbocycles. The first-order valence-electron chi connectivity index (χ1n) is 6.43. The maximum Gasteiger partial charge on any atom is 0.273 e. The molecule has 0 bridgehead atoms. The quantitative estimate of drug-likeness (QED) is 0.720. The number of aromatic nitrogens is 2. The Bertz CT molecular complexity index is 379. The summed E-state index contributed by atoms with van der Waals surface area (Å²) in [6.45, 7) is 1.65. The van der Waals surface area contributed by atoms with Crippen molar-refractivity contribution in [2.45, 2.75) is 19.3 Å². The lowest BCUT2D eigenvalue weighted by Gasteiger charge is -2.09. The molecule has 0 saturated heterocycles. The van der Waals surface area contributed by atoms with Crippen molar-refractivity contribution >= 4 is 11.7 Å². The maximum absolute atomic E-state index is 11.6. The van der Waals surface area contributed by atoms with E-state index in [0.29, 0.717) is 11.5 Å². The fourth-order valence-corrected chi connectivity index (χ4v) is 1.53. The summed E-state index contributed by atoms with van der Waals surface area (Å²) >= 11 is 0. The molecule has 0 unspecified atom stereocenters. The zero-order valence-electron chi connectivity index (χ0n) is 11.8. The van der Waals surface area contributed by atoms with Gasteiger partial charge in [-0.3, -0.25) is 4.79 Å². The Hall–Kier alpha value is -1.69. The largest absolute Gasteiger partial charge is 0.385 e. The lowest BCUT2D eigenvalue weighted by molar-refractivity contribution is 0.0821. The number of carbonyl (C=O) groups excluding carboxylic acids is 1. The number of unbranched alkanes of at least 4 members (excludes halogenated alkanes) is 2. The van der Waals surface area contributed by atoms with Gasteiger partial charge in [0.15, 0.2) is 5.69 Å². The third-order valence-electron chi connectivity index (χ3n) is 2.62. The van der Waals surface area contributed by atoms with E-state index in [1.54, 1.807) is 33.3 Å². The van der Waals surface area contributed by atoms with Gasteiger partial charge in [0.1, 0.15) is 5.82 Å². The van der Waals surface area contributed by atoms with E-state index < -0.39 is 0 Å². The van der Waals surface area contributed by atoms with Crippen LogP contribution in [-0.4, -0.2) is 55.4 Å². The highest BCUT2D eigenvalue weighted by Crippen LogP contribution is 2.04.